The van der Waals surface area contributed by atoms with Gasteiger partial charge in [0.25, 0.3) is 0 Å². The molecular weight excluding hydrogens is 290 g/mol. The molecule has 1 saturated heterocycles. The summed E-state index contributed by atoms with van der Waals surface area (Å²) in [4.78, 5) is 13.9. The van der Waals surface area contributed by atoms with E-state index in [0.29, 0.717) is 23.9 Å². The molecule has 1 aromatic carbocycles. The number of rotatable bonds is 4. The van der Waals surface area contributed by atoms with Gasteiger partial charge in [0.15, 0.2) is 0 Å². The van der Waals surface area contributed by atoms with Crippen LogP contribution in [-0.2, 0) is 4.79 Å². The van der Waals surface area contributed by atoms with E-state index in [0.717, 1.165) is 12.0 Å². The quantitative estimate of drug-likeness (QED) is 0.870. The number of carbonyl (C=O) groups is 1. The van der Waals surface area contributed by atoms with Gasteiger partial charge in [-0.1, -0.05) is 11.6 Å². The Morgan fingerprint density at radius 1 is 1.57 bits per heavy atom. The van der Waals surface area contributed by atoms with Gasteiger partial charge in [0.05, 0.1) is 13.2 Å². The lowest BCUT2D eigenvalue weighted by molar-refractivity contribution is -0.125. The van der Waals surface area contributed by atoms with Crippen LogP contribution in [0.1, 0.15) is 18.9 Å². The van der Waals surface area contributed by atoms with Gasteiger partial charge >= 0.3 is 0 Å². The van der Waals surface area contributed by atoms with Crippen molar-refractivity contribution in [3.8, 4) is 5.75 Å². The van der Waals surface area contributed by atoms with Crippen molar-refractivity contribution >= 4 is 23.6 Å². The molecule has 1 amide bonds. The standard InChI is InChI=1S/C16H20ClNO3/c1-11(19)13-7-8-18(10-13)16(20)6-3-12-9-14(17)4-5-15(12)21-2/h3-6,9,11,13,19H,7-8,10H2,1-2H3/b6-3+. The first-order valence-electron chi connectivity index (χ1n) is 7.00. The molecule has 0 spiro atoms. The molecule has 114 valence electrons. The number of benzene rings is 1. The number of aliphatic hydroxyl groups excluding tert-OH is 1. The minimum Gasteiger partial charge on any atom is -0.496 e. The summed E-state index contributed by atoms with van der Waals surface area (Å²) in [5.74, 6) is 0.787. The number of halogens is 1. The lowest BCUT2D eigenvalue weighted by atomic mass is 10.0. The van der Waals surface area contributed by atoms with Crippen molar-refractivity contribution in [1.82, 2.24) is 4.90 Å². The first-order chi connectivity index (χ1) is 10.0. The number of amides is 1. The molecular formula is C16H20ClNO3. The van der Waals surface area contributed by atoms with Crippen LogP contribution in [0.5, 0.6) is 5.75 Å². The van der Waals surface area contributed by atoms with E-state index in [4.69, 9.17) is 16.3 Å². The molecule has 2 unspecified atom stereocenters. The second-order valence-electron chi connectivity index (χ2n) is 5.29. The van der Waals surface area contributed by atoms with E-state index >= 15 is 0 Å². The summed E-state index contributed by atoms with van der Waals surface area (Å²) in [6.45, 7) is 3.06. The van der Waals surface area contributed by atoms with E-state index in [1.54, 1.807) is 43.2 Å². The van der Waals surface area contributed by atoms with Crippen LogP contribution in [0.4, 0.5) is 0 Å². The molecule has 1 aliphatic rings. The van der Waals surface area contributed by atoms with Gasteiger partial charge in [-0.15, -0.1) is 0 Å². The summed E-state index contributed by atoms with van der Waals surface area (Å²) in [7, 11) is 1.58. The fourth-order valence-corrected chi connectivity index (χ4v) is 2.66. The van der Waals surface area contributed by atoms with Gasteiger partial charge in [0, 0.05) is 35.7 Å². The molecule has 1 heterocycles. The number of hydrogen-bond donors (Lipinski definition) is 1. The molecule has 1 fully saturated rings. The Morgan fingerprint density at radius 3 is 2.95 bits per heavy atom. The van der Waals surface area contributed by atoms with Crippen molar-refractivity contribution in [2.24, 2.45) is 5.92 Å². The van der Waals surface area contributed by atoms with E-state index < -0.39 is 0 Å². The Bertz CT molecular complexity index is 542. The topological polar surface area (TPSA) is 49.8 Å². The van der Waals surface area contributed by atoms with Gasteiger partial charge in [-0.05, 0) is 37.6 Å². The van der Waals surface area contributed by atoms with Crippen LogP contribution in [0.3, 0.4) is 0 Å². The third-order valence-corrected chi connectivity index (χ3v) is 4.05. The zero-order valence-electron chi connectivity index (χ0n) is 12.3. The highest BCUT2D eigenvalue weighted by atomic mass is 35.5. The van der Waals surface area contributed by atoms with Gasteiger partial charge in [-0.2, -0.15) is 0 Å². The van der Waals surface area contributed by atoms with Crippen molar-refractivity contribution in [2.45, 2.75) is 19.4 Å². The number of aliphatic hydroxyl groups is 1. The summed E-state index contributed by atoms with van der Waals surface area (Å²) in [6, 6.07) is 5.27. The fraction of sp³-hybridized carbons (Fsp3) is 0.438. The van der Waals surface area contributed by atoms with Crippen molar-refractivity contribution in [3.05, 3.63) is 34.9 Å². The number of ether oxygens (including phenoxy) is 1. The van der Waals surface area contributed by atoms with E-state index in [1.165, 1.54) is 6.08 Å². The Kier molecular flexibility index (Phi) is 5.26. The molecule has 1 aromatic rings. The van der Waals surface area contributed by atoms with Gasteiger partial charge < -0.3 is 14.7 Å². The fourth-order valence-electron chi connectivity index (χ4n) is 2.48. The van der Waals surface area contributed by atoms with Crippen LogP contribution in [0.15, 0.2) is 24.3 Å². The Balaban J connectivity index is 2.04. The minimum atomic E-state index is -0.375. The Labute approximate surface area is 130 Å². The second kappa shape index (κ2) is 6.96. The van der Waals surface area contributed by atoms with E-state index in [-0.39, 0.29) is 17.9 Å². The maximum absolute atomic E-state index is 12.2. The largest absolute Gasteiger partial charge is 0.496 e. The number of methoxy groups -OCH3 is 1. The number of nitrogens with zero attached hydrogens (tertiary/aromatic N) is 1. The molecule has 2 atom stereocenters. The molecule has 0 aromatic heterocycles. The summed E-state index contributed by atoms with van der Waals surface area (Å²) < 4.78 is 5.24. The predicted molar refractivity (Wildman–Crippen MR) is 83.4 cm³/mol. The van der Waals surface area contributed by atoms with Crippen LogP contribution < -0.4 is 4.74 Å². The normalized spacial score (nSPS) is 20.0. The van der Waals surface area contributed by atoms with Crippen molar-refractivity contribution in [1.29, 1.82) is 0 Å². The van der Waals surface area contributed by atoms with E-state index in [9.17, 15) is 9.90 Å². The Morgan fingerprint density at radius 2 is 2.33 bits per heavy atom. The van der Waals surface area contributed by atoms with Crippen LogP contribution in [0, 0.1) is 5.92 Å². The Hall–Kier alpha value is -1.52. The zero-order valence-corrected chi connectivity index (χ0v) is 13.0. The molecule has 1 N–H and O–H groups in total. The van der Waals surface area contributed by atoms with Crippen molar-refractivity contribution in [2.75, 3.05) is 20.2 Å². The number of likely N-dealkylation sites (tertiary alicyclic amines) is 1. The molecule has 0 bridgehead atoms. The average molecular weight is 310 g/mol. The summed E-state index contributed by atoms with van der Waals surface area (Å²) in [5, 5.41) is 10.2. The summed E-state index contributed by atoms with van der Waals surface area (Å²) >= 11 is 5.96. The van der Waals surface area contributed by atoms with Gasteiger partial charge in [-0.3, -0.25) is 4.79 Å². The molecule has 21 heavy (non-hydrogen) atoms. The SMILES string of the molecule is COc1ccc(Cl)cc1/C=C/C(=O)N1CCC(C(C)O)C1. The third-order valence-electron chi connectivity index (χ3n) is 3.82. The molecule has 4 nitrogen and oxygen atoms in total. The first kappa shape index (κ1) is 15.9. The lowest BCUT2D eigenvalue weighted by Gasteiger charge is -2.16. The van der Waals surface area contributed by atoms with E-state index in [2.05, 4.69) is 0 Å². The maximum Gasteiger partial charge on any atom is 0.246 e. The summed E-state index contributed by atoms with van der Waals surface area (Å²) in [6.07, 6.45) is 3.71. The second-order valence-corrected chi connectivity index (χ2v) is 5.73. The minimum absolute atomic E-state index is 0.0554. The third kappa shape index (κ3) is 3.99. The van der Waals surface area contributed by atoms with Crippen LogP contribution in [-0.4, -0.2) is 42.2 Å². The van der Waals surface area contributed by atoms with Crippen molar-refractivity contribution in [3.63, 3.8) is 0 Å². The van der Waals surface area contributed by atoms with Crippen LogP contribution in [0.25, 0.3) is 6.08 Å². The molecule has 5 heteroatoms. The van der Waals surface area contributed by atoms with Gasteiger partial charge in [0.2, 0.25) is 5.91 Å². The highest BCUT2D eigenvalue weighted by Crippen LogP contribution is 2.24. The maximum atomic E-state index is 12.2. The van der Waals surface area contributed by atoms with Crippen LogP contribution >= 0.6 is 11.6 Å². The molecule has 0 radical (unpaired) electrons. The zero-order chi connectivity index (χ0) is 15.4. The highest BCUT2D eigenvalue weighted by Gasteiger charge is 2.27. The average Bonchev–Trinajstić information content (AvgIpc) is 2.95. The number of carbonyl (C=O) groups excluding carboxylic acids is 1. The molecule has 0 aliphatic carbocycles. The van der Waals surface area contributed by atoms with Gasteiger partial charge in [-0.25, -0.2) is 0 Å². The molecule has 0 saturated carbocycles. The smallest absolute Gasteiger partial charge is 0.246 e. The highest BCUT2D eigenvalue weighted by molar-refractivity contribution is 6.30. The monoisotopic (exact) mass is 309 g/mol. The van der Waals surface area contributed by atoms with E-state index in [1.807, 2.05) is 0 Å². The van der Waals surface area contributed by atoms with Gasteiger partial charge in [0.1, 0.15) is 5.75 Å². The first-order valence-corrected chi connectivity index (χ1v) is 7.37. The molecule has 2 rings (SSSR count). The number of hydrogen-bond acceptors (Lipinski definition) is 3. The summed E-state index contributed by atoms with van der Waals surface area (Å²) in [5.41, 5.74) is 0.768. The lowest BCUT2D eigenvalue weighted by Crippen LogP contribution is -2.28. The van der Waals surface area contributed by atoms with Crippen molar-refractivity contribution < 1.29 is 14.6 Å². The van der Waals surface area contributed by atoms with Crippen LogP contribution in [0.2, 0.25) is 5.02 Å². The predicted octanol–water partition coefficient (Wildman–Crippen LogP) is 2.59. The molecule has 1 aliphatic heterocycles.